The fraction of sp³-hybridized carbons (Fsp3) is 0.0625. The third kappa shape index (κ3) is 3.66. The standard InChI is InChI=1S/C16H13N5O2S/c1-12(13-7-9-15(10-8-13)21(22)23)11-24-16-17-19-20(18-16)14-5-3-2-4-6-14/h2-10H,1,11H2. The Bertz CT molecular complexity index is 862. The molecule has 0 aliphatic heterocycles. The number of nitro groups is 1. The van der Waals surface area contributed by atoms with Crippen molar-refractivity contribution in [3.8, 4) is 5.69 Å². The molecule has 0 amide bonds. The summed E-state index contributed by atoms with van der Waals surface area (Å²) >= 11 is 1.41. The summed E-state index contributed by atoms with van der Waals surface area (Å²) in [5.74, 6) is 0.568. The molecule has 0 bridgehead atoms. The Morgan fingerprint density at radius 1 is 1.17 bits per heavy atom. The van der Waals surface area contributed by atoms with Gasteiger partial charge in [0.05, 0.1) is 10.6 Å². The predicted octanol–water partition coefficient (Wildman–Crippen LogP) is 3.38. The summed E-state index contributed by atoms with van der Waals surface area (Å²) in [5, 5.41) is 23.5. The van der Waals surface area contributed by atoms with Gasteiger partial charge in [0, 0.05) is 17.9 Å². The maximum atomic E-state index is 10.7. The Morgan fingerprint density at radius 3 is 2.54 bits per heavy atom. The number of aromatic nitrogens is 4. The summed E-state index contributed by atoms with van der Waals surface area (Å²) in [7, 11) is 0. The Labute approximate surface area is 142 Å². The van der Waals surface area contributed by atoms with Gasteiger partial charge in [-0.1, -0.05) is 36.5 Å². The second-order valence-corrected chi connectivity index (χ2v) is 5.84. The molecule has 7 nitrogen and oxygen atoms in total. The molecule has 0 saturated heterocycles. The average Bonchev–Trinajstić information content (AvgIpc) is 3.09. The topological polar surface area (TPSA) is 86.7 Å². The Kier molecular flexibility index (Phi) is 4.66. The van der Waals surface area contributed by atoms with Crippen molar-refractivity contribution < 1.29 is 4.92 Å². The number of benzene rings is 2. The van der Waals surface area contributed by atoms with E-state index in [4.69, 9.17) is 0 Å². The molecule has 0 aliphatic rings. The smallest absolute Gasteiger partial charge is 0.258 e. The molecule has 1 aromatic heterocycles. The maximum absolute atomic E-state index is 10.7. The molecule has 0 fully saturated rings. The summed E-state index contributed by atoms with van der Waals surface area (Å²) in [6.07, 6.45) is 0. The van der Waals surface area contributed by atoms with E-state index >= 15 is 0 Å². The van der Waals surface area contributed by atoms with Crippen molar-refractivity contribution >= 4 is 23.0 Å². The first-order valence-electron chi connectivity index (χ1n) is 7.04. The molecule has 0 atom stereocenters. The molecule has 0 aliphatic carbocycles. The van der Waals surface area contributed by atoms with Gasteiger partial charge in [-0.3, -0.25) is 10.1 Å². The minimum atomic E-state index is -0.424. The van der Waals surface area contributed by atoms with Crippen LogP contribution in [0.15, 0.2) is 66.3 Å². The minimum Gasteiger partial charge on any atom is -0.258 e. The van der Waals surface area contributed by atoms with Crippen LogP contribution < -0.4 is 0 Å². The number of tetrazole rings is 1. The van der Waals surface area contributed by atoms with Crippen LogP contribution in [0.1, 0.15) is 5.56 Å². The molecule has 24 heavy (non-hydrogen) atoms. The summed E-state index contributed by atoms with van der Waals surface area (Å²) in [6.45, 7) is 4.01. The zero-order chi connectivity index (χ0) is 16.9. The zero-order valence-corrected chi connectivity index (χ0v) is 13.4. The first-order chi connectivity index (χ1) is 11.6. The SMILES string of the molecule is C=C(CSc1nnn(-c2ccccc2)n1)c1ccc([N+](=O)[O-])cc1. The molecule has 8 heteroatoms. The van der Waals surface area contributed by atoms with Gasteiger partial charge < -0.3 is 0 Å². The average molecular weight is 339 g/mol. The number of hydrogen-bond acceptors (Lipinski definition) is 6. The Hall–Kier alpha value is -3.00. The molecule has 0 spiro atoms. The van der Waals surface area contributed by atoms with E-state index < -0.39 is 4.92 Å². The quantitative estimate of drug-likeness (QED) is 0.389. The lowest BCUT2D eigenvalue weighted by molar-refractivity contribution is -0.384. The number of nitro benzene ring substituents is 1. The van der Waals surface area contributed by atoms with Crippen molar-refractivity contribution in [2.45, 2.75) is 5.16 Å². The second kappa shape index (κ2) is 7.05. The number of thioether (sulfide) groups is 1. The van der Waals surface area contributed by atoms with Gasteiger partial charge in [0.25, 0.3) is 5.69 Å². The molecule has 0 radical (unpaired) electrons. The summed E-state index contributed by atoms with van der Waals surface area (Å²) in [4.78, 5) is 11.7. The molecule has 0 N–H and O–H groups in total. The molecule has 3 rings (SSSR count). The molecule has 120 valence electrons. The monoisotopic (exact) mass is 339 g/mol. The van der Waals surface area contributed by atoms with Crippen molar-refractivity contribution in [2.24, 2.45) is 0 Å². The van der Waals surface area contributed by atoms with Crippen LogP contribution in [0.4, 0.5) is 5.69 Å². The fourth-order valence-corrected chi connectivity index (χ4v) is 2.68. The normalized spacial score (nSPS) is 10.5. The molecular weight excluding hydrogens is 326 g/mol. The van der Waals surface area contributed by atoms with Gasteiger partial charge in [-0.15, -0.1) is 15.0 Å². The van der Waals surface area contributed by atoms with Crippen LogP contribution in [0, 0.1) is 10.1 Å². The van der Waals surface area contributed by atoms with E-state index in [9.17, 15) is 10.1 Å². The lowest BCUT2D eigenvalue weighted by Gasteiger charge is -2.03. The molecule has 2 aromatic carbocycles. The van der Waals surface area contributed by atoms with Gasteiger partial charge in [-0.05, 0) is 40.6 Å². The van der Waals surface area contributed by atoms with Gasteiger partial charge >= 0.3 is 0 Å². The summed E-state index contributed by atoms with van der Waals surface area (Å²) in [5.41, 5.74) is 2.59. The fourth-order valence-electron chi connectivity index (χ4n) is 1.98. The Balaban J connectivity index is 1.62. The van der Waals surface area contributed by atoms with E-state index in [1.165, 1.54) is 28.7 Å². The third-order valence-electron chi connectivity index (χ3n) is 3.24. The zero-order valence-electron chi connectivity index (χ0n) is 12.6. The van der Waals surface area contributed by atoms with E-state index in [-0.39, 0.29) is 5.69 Å². The number of nitrogens with zero attached hydrogens (tertiary/aromatic N) is 5. The molecule has 3 aromatic rings. The molecule has 0 saturated carbocycles. The molecular formula is C16H13N5O2S. The first-order valence-corrected chi connectivity index (χ1v) is 8.03. The van der Waals surface area contributed by atoms with Gasteiger partial charge in [0.2, 0.25) is 5.16 Å². The number of rotatable bonds is 6. The largest absolute Gasteiger partial charge is 0.269 e. The molecule has 0 unspecified atom stereocenters. The van der Waals surface area contributed by atoms with Crippen molar-refractivity contribution in [3.63, 3.8) is 0 Å². The van der Waals surface area contributed by atoms with Gasteiger partial charge in [0.1, 0.15) is 0 Å². The van der Waals surface area contributed by atoms with Gasteiger partial charge in [0.15, 0.2) is 0 Å². The van der Waals surface area contributed by atoms with Crippen LogP contribution in [0.2, 0.25) is 0 Å². The Morgan fingerprint density at radius 2 is 1.88 bits per heavy atom. The van der Waals surface area contributed by atoms with Crippen molar-refractivity contribution in [1.82, 2.24) is 20.2 Å². The lowest BCUT2D eigenvalue weighted by atomic mass is 10.1. The van der Waals surface area contributed by atoms with Crippen LogP contribution in [0.5, 0.6) is 0 Å². The van der Waals surface area contributed by atoms with Gasteiger partial charge in [-0.25, -0.2) is 0 Å². The van der Waals surface area contributed by atoms with E-state index in [0.29, 0.717) is 10.9 Å². The highest BCUT2D eigenvalue weighted by Gasteiger charge is 2.09. The van der Waals surface area contributed by atoms with Crippen LogP contribution in [-0.2, 0) is 0 Å². The van der Waals surface area contributed by atoms with E-state index in [1.54, 1.807) is 12.1 Å². The van der Waals surface area contributed by atoms with E-state index in [1.807, 2.05) is 30.3 Å². The summed E-state index contributed by atoms with van der Waals surface area (Å²) in [6, 6.07) is 15.8. The van der Waals surface area contributed by atoms with Gasteiger partial charge in [-0.2, -0.15) is 0 Å². The lowest BCUT2D eigenvalue weighted by Crippen LogP contribution is -1.98. The van der Waals surface area contributed by atoms with Crippen molar-refractivity contribution in [2.75, 3.05) is 5.75 Å². The summed E-state index contributed by atoms with van der Waals surface area (Å²) < 4.78 is 0. The molecule has 1 heterocycles. The number of para-hydroxylation sites is 1. The third-order valence-corrected chi connectivity index (χ3v) is 4.16. The van der Waals surface area contributed by atoms with Crippen LogP contribution in [0.3, 0.4) is 0 Å². The second-order valence-electron chi connectivity index (χ2n) is 4.89. The van der Waals surface area contributed by atoms with Crippen LogP contribution >= 0.6 is 11.8 Å². The highest BCUT2D eigenvalue weighted by molar-refractivity contribution is 7.99. The van der Waals surface area contributed by atoms with E-state index in [0.717, 1.165) is 16.8 Å². The number of non-ortho nitro benzene ring substituents is 1. The first kappa shape index (κ1) is 15.9. The maximum Gasteiger partial charge on any atom is 0.269 e. The van der Waals surface area contributed by atoms with Crippen molar-refractivity contribution in [1.29, 1.82) is 0 Å². The van der Waals surface area contributed by atoms with E-state index in [2.05, 4.69) is 22.0 Å². The highest BCUT2D eigenvalue weighted by atomic mass is 32.2. The minimum absolute atomic E-state index is 0.0617. The van der Waals surface area contributed by atoms with Crippen molar-refractivity contribution in [3.05, 3.63) is 76.9 Å². The van der Waals surface area contributed by atoms with Crippen LogP contribution in [-0.4, -0.2) is 30.9 Å². The van der Waals surface area contributed by atoms with Crippen LogP contribution in [0.25, 0.3) is 11.3 Å². The highest BCUT2D eigenvalue weighted by Crippen LogP contribution is 2.23. The predicted molar refractivity (Wildman–Crippen MR) is 92.0 cm³/mol. The number of hydrogen-bond donors (Lipinski definition) is 0.